The van der Waals surface area contributed by atoms with Crippen LogP contribution in [0.2, 0.25) is 0 Å². The summed E-state index contributed by atoms with van der Waals surface area (Å²) in [5, 5.41) is 5.21. The van der Waals surface area contributed by atoms with Gasteiger partial charge < -0.3 is 9.05 Å². The molecule has 150 valence electrons. The standard InChI is InChI=1S/C29H16BN3/c1-3-12-23-17(7-1)19-9-5-11-22-28(19)32(23)25-14-6-10-21-26(25)30(22)33-24-13-4-2-8-18(24)20-15-16-31-27(21)29(20)33/h1-16H. The van der Waals surface area contributed by atoms with Gasteiger partial charge in [0.15, 0.2) is 0 Å². The van der Waals surface area contributed by atoms with E-state index < -0.39 is 0 Å². The van der Waals surface area contributed by atoms with Gasteiger partial charge >= 0.3 is 6.85 Å². The zero-order valence-electron chi connectivity index (χ0n) is 17.7. The molecule has 0 N–H and O–H groups in total. The van der Waals surface area contributed by atoms with Gasteiger partial charge in [0.1, 0.15) is 0 Å². The first-order valence-corrected chi connectivity index (χ1v) is 11.5. The van der Waals surface area contributed by atoms with Crippen LogP contribution in [0.15, 0.2) is 97.2 Å². The molecule has 0 spiro atoms. The van der Waals surface area contributed by atoms with Crippen molar-refractivity contribution < 1.29 is 0 Å². The van der Waals surface area contributed by atoms with Crippen LogP contribution in [0, 0.1) is 0 Å². The number of benzene rings is 4. The van der Waals surface area contributed by atoms with E-state index in [1.807, 2.05) is 6.20 Å². The second-order valence-electron chi connectivity index (χ2n) is 9.18. The van der Waals surface area contributed by atoms with Gasteiger partial charge in [0, 0.05) is 44.5 Å². The molecule has 0 radical (unpaired) electrons. The monoisotopic (exact) mass is 417 g/mol. The van der Waals surface area contributed by atoms with E-state index >= 15 is 0 Å². The summed E-state index contributed by atoms with van der Waals surface area (Å²) in [4.78, 5) is 4.93. The van der Waals surface area contributed by atoms with E-state index in [-0.39, 0.29) is 6.85 Å². The fraction of sp³-hybridized carbons (Fsp3) is 0. The fourth-order valence-corrected chi connectivity index (χ4v) is 6.59. The van der Waals surface area contributed by atoms with Crippen molar-refractivity contribution in [1.82, 2.24) is 14.0 Å². The molecule has 3 nitrogen and oxygen atoms in total. The molecule has 0 amide bonds. The summed E-state index contributed by atoms with van der Waals surface area (Å²) < 4.78 is 5.03. The Morgan fingerprint density at radius 2 is 1.33 bits per heavy atom. The topological polar surface area (TPSA) is 22.8 Å². The molecule has 0 fully saturated rings. The van der Waals surface area contributed by atoms with Gasteiger partial charge in [-0.1, -0.05) is 66.7 Å². The molecule has 5 heterocycles. The molecule has 0 aliphatic carbocycles. The quantitative estimate of drug-likeness (QED) is 0.310. The van der Waals surface area contributed by atoms with E-state index in [1.165, 1.54) is 65.8 Å². The highest BCUT2D eigenvalue weighted by atomic mass is 15.0. The second-order valence-corrected chi connectivity index (χ2v) is 9.18. The molecular weight excluding hydrogens is 401 g/mol. The third kappa shape index (κ3) is 1.70. The maximum absolute atomic E-state index is 4.93. The number of rotatable bonds is 0. The van der Waals surface area contributed by atoms with E-state index in [4.69, 9.17) is 4.98 Å². The van der Waals surface area contributed by atoms with Crippen molar-refractivity contribution in [3.8, 4) is 16.9 Å². The van der Waals surface area contributed by atoms with E-state index in [0.717, 1.165) is 5.69 Å². The molecule has 2 aliphatic heterocycles. The first-order valence-electron chi connectivity index (χ1n) is 11.5. The van der Waals surface area contributed by atoms with E-state index in [2.05, 4.69) is 100 Å². The largest absolute Gasteiger partial charge is 0.374 e. The molecule has 0 saturated heterocycles. The molecule has 0 saturated carbocycles. The van der Waals surface area contributed by atoms with Crippen molar-refractivity contribution in [2.24, 2.45) is 0 Å². The van der Waals surface area contributed by atoms with Crippen LogP contribution in [-0.4, -0.2) is 20.9 Å². The van der Waals surface area contributed by atoms with Crippen LogP contribution in [0.3, 0.4) is 0 Å². The summed E-state index contributed by atoms with van der Waals surface area (Å²) in [5.74, 6) is 0. The lowest BCUT2D eigenvalue weighted by atomic mass is 9.46. The highest BCUT2D eigenvalue weighted by molar-refractivity contribution is 6.90. The molecule has 33 heavy (non-hydrogen) atoms. The predicted octanol–water partition coefficient (Wildman–Crippen LogP) is 5.23. The number of fused-ring (bicyclic) bond motifs is 10. The molecule has 0 unspecified atom stereocenters. The van der Waals surface area contributed by atoms with Gasteiger partial charge in [-0.25, -0.2) is 0 Å². The molecular formula is C29H16BN3. The van der Waals surface area contributed by atoms with Crippen molar-refractivity contribution in [2.75, 3.05) is 0 Å². The summed E-state index contributed by atoms with van der Waals surface area (Å²) in [6, 6.07) is 33.3. The maximum Gasteiger partial charge on any atom is 0.333 e. The summed E-state index contributed by atoms with van der Waals surface area (Å²) in [6.07, 6.45) is 1.97. The van der Waals surface area contributed by atoms with Crippen molar-refractivity contribution in [2.45, 2.75) is 0 Å². The van der Waals surface area contributed by atoms with Crippen molar-refractivity contribution in [3.05, 3.63) is 97.2 Å². The lowest BCUT2D eigenvalue weighted by Crippen LogP contribution is -2.55. The SMILES string of the molecule is c1cc2c3c(c1)-n1c4ccccc4c4cccc(c41)B3n1c3ccccc3c3ccnc-2c31. The van der Waals surface area contributed by atoms with Gasteiger partial charge in [-0.05, 0) is 35.2 Å². The second kappa shape index (κ2) is 5.36. The number of hydrogen-bond donors (Lipinski definition) is 0. The van der Waals surface area contributed by atoms with Crippen LogP contribution in [-0.2, 0) is 0 Å². The average Bonchev–Trinajstić information content (AvgIpc) is 3.39. The number of nitrogens with zero attached hydrogens (tertiary/aromatic N) is 3. The molecule has 0 bridgehead atoms. The van der Waals surface area contributed by atoms with Gasteiger partial charge in [-0.3, -0.25) is 4.98 Å². The van der Waals surface area contributed by atoms with Crippen molar-refractivity contribution in [3.63, 3.8) is 0 Å². The van der Waals surface area contributed by atoms with E-state index in [1.54, 1.807) is 0 Å². The summed E-state index contributed by atoms with van der Waals surface area (Å²) >= 11 is 0. The lowest BCUT2D eigenvalue weighted by Gasteiger charge is -2.33. The smallest absolute Gasteiger partial charge is 0.333 e. The zero-order chi connectivity index (χ0) is 21.3. The maximum atomic E-state index is 4.93. The van der Waals surface area contributed by atoms with Crippen LogP contribution in [0.4, 0.5) is 0 Å². The molecule has 4 heteroatoms. The van der Waals surface area contributed by atoms with E-state index in [0.29, 0.717) is 0 Å². The van der Waals surface area contributed by atoms with Crippen LogP contribution in [0.25, 0.3) is 60.6 Å². The lowest BCUT2D eigenvalue weighted by molar-refractivity contribution is 1.17. The molecule has 0 atom stereocenters. The van der Waals surface area contributed by atoms with Crippen LogP contribution in [0.5, 0.6) is 0 Å². The summed E-state index contributed by atoms with van der Waals surface area (Å²) in [7, 11) is 0. The van der Waals surface area contributed by atoms with E-state index in [9.17, 15) is 0 Å². The molecule has 2 aliphatic rings. The number of para-hydroxylation sites is 3. The van der Waals surface area contributed by atoms with Crippen molar-refractivity contribution >= 4 is 61.4 Å². The molecule has 3 aromatic heterocycles. The highest BCUT2D eigenvalue weighted by Gasteiger charge is 2.41. The van der Waals surface area contributed by atoms with Crippen molar-refractivity contribution in [1.29, 1.82) is 0 Å². The number of pyridine rings is 1. The first-order chi connectivity index (χ1) is 16.4. The van der Waals surface area contributed by atoms with Crippen LogP contribution < -0.4 is 10.9 Å². The van der Waals surface area contributed by atoms with Gasteiger partial charge in [-0.15, -0.1) is 0 Å². The average molecular weight is 417 g/mol. The Bertz CT molecular complexity index is 1990. The van der Waals surface area contributed by atoms with Gasteiger partial charge in [0.2, 0.25) is 0 Å². The van der Waals surface area contributed by atoms with Gasteiger partial charge in [0.25, 0.3) is 0 Å². The normalized spacial score (nSPS) is 13.4. The fourth-order valence-electron chi connectivity index (χ4n) is 6.59. The highest BCUT2D eigenvalue weighted by Crippen LogP contribution is 2.41. The minimum absolute atomic E-state index is 0.121. The number of hydrogen-bond acceptors (Lipinski definition) is 1. The Balaban J connectivity index is 1.60. The Morgan fingerprint density at radius 1 is 0.606 bits per heavy atom. The minimum atomic E-state index is 0.121. The predicted molar refractivity (Wildman–Crippen MR) is 137 cm³/mol. The van der Waals surface area contributed by atoms with Gasteiger partial charge in [-0.2, -0.15) is 0 Å². The molecule has 9 rings (SSSR count). The Kier molecular flexibility index (Phi) is 2.65. The third-order valence-corrected chi connectivity index (χ3v) is 7.75. The molecule has 4 aromatic carbocycles. The van der Waals surface area contributed by atoms with Crippen LogP contribution >= 0.6 is 0 Å². The summed E-state index contributed by atoms with van der Waals surface area (Å²) in [6.45, 7) is 0.121. The van der Waals surface area contributed by atoms with Crippen LogP contribution in [0.1, 0.15) is 0 Å². The van der Waals surface area contributed by atoms with Gasteiger partial charge in [0.05, 0.1) is 22.2 Å². The third-order valence-electron chi connectivity index (χ3n) is 7.75. The Morgan fingerprint density at radius 3 is 2.24 bits per heavy atom. The minimum Gasteiger partial charge on any atom is -0.374 e. The zero-order valence-corrected chi connectivity index (χ0v) is 17.7. The number of aromatic nitrogens is 3. The Hall–Kier alpha value is -4.31. The Labute approximate surface area is 189 Å². The first kappa shape index (κ1) is 16.3. The summed E-state index contributed by atoms with van der Waals surface area (Å²) in [5.41, 5.74) is 11.4. The molecule has 7 aromatic rings.